The van der Waals surface area contributed by atoms with Crippen molar-refractivity contribution in [2.45, 2.75) is 32.1 Å². The molecule has 0 aromatic heterocycles. The third-order valence-corrected chi connectivity index (χ3v) is 4.41. The van der Waals surface area contributed by atoms with E-state index in [0.717, 1.165) is 31.1 Å². The van der Waals surface area contributed by atoms with Crippen LogP contribution in [-0.4, -0.2) is 37.6 Å². The summed E-state index contributed by atoms with van der Waals surface area (Å²) in [4.78, 5) is 14.5. The van der Waals surface area contributed by atoms with Gasteiger partial charge in [-0.05, 0) is 37.4 Å². The molecule has 110 valence electrons. The summed E-state index contributed by atoms with van der Waals surface area (Å²) < 4.78 is 4.99. The minimum Gasteiger partial charge on any atom is -0.469 e. The first-order chi connectivity index (χ1) is 9.74. The molecule has 3 nitrogen and oxygen atoms in total. The van der Waals surface area contributed by atoms with Crippen LogP contribution in [0.2, 0.25) is 0 Å². The molecule has 20 heavy (non-hydrogen) atoms. The Morgan fingerprint density at radius 1 is 1.30 bits per heavy atom. The van der Waals surface area contributed by atoms with Crippen molar-refractivity contribution in [1.29, 1.82) is 0 Å². The fraction of sp³-hybridized carbons (Fsp3) is 0.588. The second-order valence-corrected chi connectivity index (χ2v) is 5.64. The zero-order valence-electron chi connectivity index (χ0n) is 12.5. The minimum atomic E-state index is -0.167. The average Bonchev–Trinajstić information content (AvgIpc) is 2.53. The van der Waals surface area contributed by atoms with Gasteiger partial charge in [-0.2, -0.15) is 0 Å². The van der Waals surface area contributed by atoms with E-state index in [0.29, 0.717) is 0 Å². The summed E-state index contributed by atoms with van der Waals surface area (Å²) in [5.74, 6) is 0.563. The first-order valence-corrected chi connectivity index (χ1v) is 7.59. The Labute approximate surface area is 121 Å². The monoisotopic (exact) mass is 275 g/mol. The molecule has 1 saturated heterocycles. The molecule has 0 amide bonds. The van der Waals surface area contributed by atoms with E-state index < -0.39 is 0 Å². The number of hydrogen-bond donors (Lipinski definition) is 0. The quantitative estimate of drug-likeness (QED) is 0.773. The SMILES string of the molecule is CCC1CCN(CC(C(=O)OC)c2ccccc2)CC1. The molecular weight excluding hydrogens is 250 g/mol. The highest BCUT2D eigenvalue weighted by Crippen LogP contribution is 2.24. The van der Waals surface area contributed by atoms with Crippen LogP contribution in [0.5, 0.6) is 0 Å². The first-order valence-electron chi connectivity index (χ1n) is 7.59. The van der Waals surface area contributed by atoms with Gasteiger partial charge in [0.2, 0.25) is 0 Å². The lowest BCUT2D eigenvalue weighted by molar-refractivity contribution is -0.143. The highest BCUT2D eigenvalue weighted by molar-refractivity contribution is 5.78. The summed E-state index contributed by atoms with van der Waals surface area (Å²) in [6, 6.07) is 9.97. The Bertz CT molecular complexity index is 410. The van der Waals surface area contributed by atoms with Gasteiger partial charge in [0.1, 0.15) is 0 Å². The Balaban J connectivity index is 2.00. The maximum atomic E-state index is 12.1. The van der Waals surface area contributed by atoms with Gasteiger partial charge in [-0.1, -0.05) is 43.7 Å². The molecule has 1 aliphatic heterocycles. The smallest absolute Gasteiger partial charge is 0.314 e. The summed E-state index contributed by atoms with van der Waals surface area (Å²) in [6.45, 7) is 5.23. The predicted octanol–water partition coefficient (Wildman–Crippen LogP) is 3.07. The molecule has 3 heteroatoms. The van der Waals surface area contributed by atoms with Gasteiger partial charge in [0.15, 0.2) is 0 Å². The van der Waals surface area contributed by atoms with Crippen molar-refractivity contribution in [3.63, 3.8) is 0 Å². The third kappa shape index (κ3) is 3.83. The molecule has 1 aromatic rings. The number of carbonyl (C=O) groups is 1. The van der Waals surface area contributed by atoms with Gasteiger partial charge in [0, 0.05) is 6.54 Å². The van der Waals surface area contributed by atoms with Crippen molar-refractivity contribution >= 4 is 5.97 Å². The molecule has 0 N–H and O–H groups in total. The van der Waals surface area contributed by atoms with Gasteiger partial charge < -0.3 is 9.64 Å². The van der Waals surface area contributed by atoms with E-state index in [-0.39, 0.29) is 11.9 Å². The summed E-state index contributed by atoms with van der Waals surface area (Å²) in [5, 5.41) is 0. The van der Waals surface area contributed by atoms with E-state index in [9.17, 15) is 4.79 Å². The fourth-order valence-corrected chi connectivity index (χ4v) is 2.98. The average molecular weight is 275 g/mol. The highest BCUT2D eigenvalue weighted by atomic mass is 16.5. The number of piperidine rings is 1. The largest absolute Gasteiger partial charge is 0.469 e. The van der Waals surface area contributed by atoms with Crippen molar-refractivity contribution in [3.05, 3.63) is 35.9 Å². The number of ether oxygens (including phenoxy) is 1. The summed E-state index contributed by atoms with van der Waals surface area (Å²) in [6.07, 6.45) is 3.77. The van der Waals surface area contributed by atoms with E-state index in [4.69, 9.17) is 4.74 Å². The van der Waals surface area contributed by atoms with Crippen LogP contribution in [0, 0.1) is 5.92 Å². The van der Waals surface area contributed by atoms with Crippen LogP contribution in [0.1, 0.15) is 37.7 Å². The molecule has 1 aromatic carbocycles. The van der Waals surface area contributed by atoms with E-state index in [1.54, 1.807) is 0 Å². The van der Waals surface area contributed by atoms with E-state index in [1.807, 2.05) is 30.3 Å². The second kappa shape index (κ2) is 7.44. The number of methoxy groups -OCH3 is 1. The topological polar surface area (TPSA) is 29.5 Å². The molecule has 1 fully saturated rings. The normalized spacial score (nSPS) is 18.7. The van der Waals surface area contributed by atoms with E-state index >= 15 is 0 Å². The number of hydrogen-bond acceptors (Lipinski definition) is 3. The predicted molar refractivity (Wildman–Crippen MR) is 80.7 cm³/mol. The van der Waals surface area contributed by atoms with Crippen LogP contribution in [0.25, 0.3) is 0 Å². The second-order valence-electron chi connectivity index (χ2n) is 5.64. The lowest BCUT2D eigenvalue weighted by atomic mass is 9.92. The molecule has 1 unspecified atom stereocenters. The molecule has 0 saturated carbocycles. The zero-order chi connectivity index (χ0) is 14.4. The minimum absolute atomic E-state index is 0.131. The van der Waals surface area contributed by atoms with Crippen LogP contribution >= 0.6 is 0 Å². The summed E-state index contributed by atoms with van der Waals surface area (Å²) in [5.41, 5.74) is 1.05. The van der Waals surface area contributed by atoms with Gasteiger partial charge in [0.25, 0.3) is 0 Å². The highest BCUT2D eigenvalue weighted by Gasteiger charge is 2.26. The third-order valence-electron chi connectivity index (χ3n) is 4.41. The van der Waals surface area contributed by atoms with Crippen molar-refractivity contribution in [3.8, 4) is 0 Å². The Kier molecular flexibility index (Phi) is 5.60. The lowest BCUT2D eigenvalue weighted by Crippen LogP contribution is -2.38. The van der Waals surface area contributed by atoms with Gasteiger partial charge >= 0.3 is 5.97 Å². The first kappa shape index (κ1) is 15.0. The molecule has 0 bridgehead atoms. The van der Waals surface area contributed by atoms with Gasteiger partial charge in [-0.15, -0.1) is 0 Å². The molecule has 0 radical (unpaired) electrons. The maximum absolute atomic E-state index is 12.1. The summed E-state index contributed by atoms with van der Waals surface area (Å²) in [7, 11) is 1.47. The van der Waals surface area contributed by atoms with Gasteiger partial charge in [0.05, 0.1) is 13.0 Å². The molecule has 1 aliphatic rings. The molecular formula is C17H25NO2. The van der Waals surface area contributed by atoms with Gasteiger partial charge in [-0.25, -0.2) is 0 Å². The van der Waals surface area contributed by atoms with Gasteiger partial charge in [-0.3, -0.25) is 4.79 Å². The van der Waals surface area contributed by atoms with Crippen molar-refractivity contribution in [2.75, 3.05) is 26.7 Å². The number of carbonyl (C=O) groups excluding carboxylic acids is 1. The molecule has 1 atom stereocenters. The van der Waals surface area contributed by atoms with Crippen molar-refractivity contribution in [1.82, 2.24) is 4.90 Å². The summed E-state index contributed by atoms with van der Waals surface area (Å²) >= 11 is 0. The number of benzene rings is 1. The van der Waals surface area contributed by atoms with E-state index in [1.165, 1.54) is 26.4 Å². The van der Waals surface area contributed by atoms with Crippen molar-refractivity contribution in [2.24, 2.45) is 5.92 Å². The Morgan fingerprint density at radius 3 is 2.50 bits per heavy atom. The molecule has 2 rings (SSSR count). The van der Waals surface area contributed by atoms with Crippen LogP contribution in [-0.2, 0) is 9.53 Å². The number of nitrogens with zero attached hydrogens (tertiary/aromatic N) is 1. The molecule has 0 aliphatic carbocycles. The zero-order valence-corrected chi connectivity index (χ0v) is 12.5. The van der Waals surface area contributed by atoms with Crippen molar-refractivity contribution < 1.29 is 9.53 Å². The Hall–Kier alpha value is -1.35. The Morgan fingerprint density at radius 2 is 1.95 bits per heavy atom. The fourth-order valence-electron chi connectivity index (χ4n) is 2.98. The number of rotatable bonds is 5. The number of esters is 1. The van der Waals surface area contributed by atoms with Crippen LogP contribution < -0.4 is 0 Å². The standard InChI is InChI=1S/C17H25NO2/c1-3-14-9-11-18(12-10-14)13-16(17(19)20-2)15-7-5-4-6-8-15/h4-8,14,16H,3,9-13H2,1-2H3. The van der Waals surface area contributed by atoms with Crippen LogP contribution in [0.15, 0.2) is 30.3 Å². The van der Waals surface area contributed by atoms with E-state index in [2.05, 4.69) is 11.8 Å². The lowest BCUT2D eigenvalue weighted by Gasteiger charge is -2.33. The number of likely N-dealkylation sites (tertiary alicyclic amines) is 1. The molecule has 0 spiro atoms. The van der Waals surface area contributed by atoms with Crippen LogP contribution in [0.3, 0.4) is 0 Å². The van der Waals surface area contributed by atoms with Crippen LogP contribution in [0.4, 0.5) is 0 Å². The molecule has 1 heterocycles. The maximum Gasteiger partial charge on any atom is 0.314 e.